The van der Waals surface area contributed by atoms with Gasteiger partial charge in [0.15, 0.2) is 0 Å². The zero-order chi connectivity index (χ0) is 26.1. The summed E-state index contributed by atoms with van der Waals surface area (Å²) < 4.78 is 85.7. The lowest BCUT2D eigenvalue weighted by Gasteiger charge is -2.42. The maximum atomic E-state index is 13.3. The van der Waals surface area contributed by atoms with E-state index < -0.39 is 35.1 Å². The molecule has 1 amide bonds. The molecular formula is C26H28F6N2O2. The summed E-state index contributed by atoms with van der Waals surface area (Å²) in [5.41, 5.74) is -2.75. The van der Waals surface area contributed by atoms with E-state index >= 15 is 0 Å². The molecule has 36 heavy (non-hydrogen) atoms. The van der Waals surface area contributed by atoms with Crippen LogP contribution >= 0.6 is 0 Å². The van der Waals surface area contributed by atoms with Crippen molar-refractivity contribution >= 4 is 5.91 Å². The molecular weight excluding hydrogens is 486 g/mol. The van der Waals surface area contributed by atoms with Gasteiger partial charge in [-0.3, -0.25) is 4.79 Å². The number of halogens is 6. The van der Waals surface area contributed by atoms with E-state index in [1.165, 1.54) is 6.92 Å². The second-order valence-electron chi connectivity index (χ2n) is 9.64. The van der Waals surface area contributed by atoms with Crippen LogP contribution in [0.4, 0.5) is 26.3 Å². The zero-order valence-electron chi connectivity index (χ0n) is 19.7. The Bertz CT molecular complexity index is 1030. The molecule has 4 nitrogen and oxygen atoms in total. The molecule has 0 aromatic heterocycles. The number of nitrogens with one attached hydrogen (secondary N) is 2. The SMILES string of the molecule is C[C@@H](OCC1(c2ccccc2)CCC(NC(=O)C2CC2)CN1)c1cc(C(F)(F)F)cc(C(F)(F)F)c1. The van der Waals surface area contributed by atoms with E-state index in [0.717, 1.165) is 18.4 Å². The molecule has 2 aromatic carbocycles. The van der Waals surface area contributed by atoms with Crippen LogP contribution in [-0.2, 0) is 27.4 Å². The van der Waals surface area contributed by atoms with Crippen molar-refractivity contribution in [3.05, 3.63) is 70.8 Å². The van der Waals surface area contributed by atoms with Crippen LogP contribution in [0.15, 0.2) is 48.5 Å². The van der Waals surface area contributed by atoms with Crippen molar-refractivity contribution in [1.29, 1.82) is 0 Å². The summed E-state index contributed by atoms with van der Waals surface area (Å²) in [5.74, 6) is 0.132. The highest BCUT2D eigenvalue weighted by Crippen LogP contribution is 2.39. The number of carbonyl (C=O) groups excluding carboxylic acids is 1. The molecule has 0 radical (unpaired) electrons. The van der Waals surface area contributed by atoms with Gasteiger partial charge in [0.2, 0.25) is 5.91 Å². The monoisotopic (exact) mass is 514 g/mol. The highest BCUT2D eigenvalue weighted by Gasteiger charge is 2.40. The number of piperidine rings is 1. The van der Waals surface area contributed by atoms with Crippen LogP contribution in [0.3, 0.4) is 0 Å². The van der Waals surface area contributed by atoms with Gasteiger partial charge in [0.05, 0.1) is 29.4 Å². The van der Waals surface area contributed by atoms with E-state index in [1.807, 2.05) is 30.3 Å². The predicted molar refractivity (Wildman–Crippen MR) is 121 cm³/mol. The van der Waals surface area contributed by atoms with Gasteiger partial charge in [-0.25, -0.2) is 0 Å². The third-order valence-electron chi connectivity index (χ3n) is 6.89. The molecule has 2 N–H and O–H groups in total. The first-order valence-electron chi connectivity index (χ1n) is 11.9. The average molecular weight is 515 g/mol. The van der Waals surface area contributed by atoms with E-state index in [9.17, 15) is 31.1 Å². The number of ether oxygens (including phenoxy) is 1. The fourth-order valence-corrected chi connectivity index (χ4v) is 4.50. The van der Waals surface area contributed by atoms with Crippen LogP contribution in [0.1, 0.15) is 61.0 Å². The number of benzene rings is 2. The molecule has 2 fully saturated rings. The Morgan fingerprint density at radius 1 is 1.03 bits per heavy atom. The molecule has 0 bridgehead atoms. The highest BCUT2D eigenvalue weighted by molar-refractivity contribution is 5.81. The van der Waals surface area contributed by atoms with Gasteiger partial charge in [-0.15, -0.1) is 0 Å². The molecule has 3 atom stereocenters. The van der Waals surface area contributed by atoms with Crippen LogP contribution in [0.5, 0.6) is 0 Å². The van der Waals surface area contributed by atoms with Crippen LogP contribution in [0, 0.1) is 5.92 Å². The minimum atomic E-state index is -4.92. The molecule has 0 spiro atoms. The van der Waals surface area contributed by atoms with Crippen LogP contribution in [0.2, 0.25) is 0 Å². The minimum Gasteiger partial charge on any atom is -0.372 e. The number of rotatable bonds is 7. The summed E-state index contributed by atoms with van der Waals surface area (Å²) in [6.45, 7) is 1.93. The van der Waals surface area contributed by atoms with Gasteiger partial charge in [-0.05, 0) is 61.9 Å². The molecule has 1 aliphatic heterocycles. The first kappa shape index (κ1) is 26.5. The summed E-state index contributed by atoms with van der Waals surface area (Å²) >= 11 is 0. The largest absolute Gasteiger partial charge is 0.416 e. The summed E-state index contributed by atoms with van der Waals surface area (Å²) in [5, 5.41) is 6.49. The Morgan fingerprint density at radius 3 is 2.14 bits per heavy atom. The van der Waals surface area contributed by atoms with Crippen molar-refractivity contribution < 1.29 is 35.9 Å². The second-order valence-corrected chi connectivity index (χ2v) is 9.64. The standard InChI is InChI=1S/C26H28F6N2O2/c1-16(18-11-20(25(27,28)29)13-21(12-18)26(30,31)32)36-15-24(19-5-3-2-4-6-19)10-9-22(14-33-24)34-23(35)17-7-8-17/h2-6,11-13,16-17,22,33H,7-10,14-15H2,1H3,(H,34,35)/t16-,22?,24?/m1/s1. The van der Waals surface area contributed by atoms with Gasteiger partial charge in [0, 0.05) is 18.5 Å². The fraction of sp³-hybridized carbons (Fsp3) is 0.500. The van der Waals surface area contributed by atoms with E-state index in [2.05, 4.69) is 10.6 Å². The van der Waals surface area contributed by atoms with Crippen molar-refractivity contribution in [3.8, 4) is 0 Å². The lowest BCUT2D eigenvalue weighted by Crippen LogP contribution is -2.57. The lowest BCUT2D eigenvalue weighted by atomic mass is 9.81. The molecule has 2 aromatic rings. The van der Waals surface area contributed by atoms with Crippen LogP contribution in [0.25, 0.3) is 0 Å². The number of alkyl halides is 6. The first-order valence-corrected chi connectivity index (χ1v) is 11.9. The Kier molecular flexibility index (Phi) is 7.39. The van der Waals surface area contributed by atoms with Crippen LogP contribution < -0.4 is 10.6 Å². The molecule has 10 heteroatoms. The quantitative estimate of drug-likeness (QED) is 0.448. The molecule has 1 saturated carbocycles. The van der Waals surface area contributed by atoms with Gasteiger partial charge in [-0.2, -0.15) is 26.3 Å². The average Bonchev–Trinajstić information content (AvgIpc) is 3.68. The number of amides is 1. The molecule has 2 unspecified atom stereocenters. The first-order chi connectivity index (χ1) is 16.9. The molecule has 1 heterocycles. The molecule has 4 rings (SSSR count). The van der Waals surface area contributed by atoms with Crippen molar-refractivity contribution in [2.75, 3.05) is 13.2 Å². The molecule has 2 aliphatic rings. The summed E-state index contributed by atoms with van der Waals surface area (Å²) in [6, 6.07) is 10.8. The van der Waals surface area contributed by atoms with Gasteiger partial charge in [0.1, 0.15) is 0 Å². The zero-order valence-corrected chi connectivity index (χ0v) is 19.7. The highest BCUT2D eigenvalue weighted by atomic mass is 19.4. The van der Waals surface area contributed by atoms with Crippen LogP contribution in [-0.4, -0.2) is 25.1 Å². The Balaban J connectivity index is 1.52. The molecule has 196 valence electrons. The fourth-order valence-electron chi connectivity index (χ4n) is 4.50. The number of hydrogen-bond acceptors (Lipinski definition) is 3. The van der Waals surface area contributed by atoms with Gasteiger partial charge < -0.3 is 15.4 Å². The van der Waals surface area contributed by atoms with Crippen molar-refractivity contribution in [2.24, 2.45) is 5.92 Å². The molecule has 1 aliphatic carbocycles. The van der Waals surface area contributed by atoms with Gasteiger partial charge >= 0.3 is 12.4 Å². The van der Waals surface area contributed by atoms with Crippen molar-refractivity contribution in [3.63, 3.8) is 0 Å². The van der Waals surface area contributed by atoms with E-state index in [0.29, 0.717) is 31.5 Å². The van der Waals surface area contributed by atoms with Crippen molar-refractivity contribution in [1.82, 2.24) is 10.6 Å². The lowest BCUT2D eigenvalue weighted by molar-refractivity contribution is -0.143. The Hall–Kier alpha value is -2.59. The number of carbonyl (C=O) groups is 1. The normalized spacial score (nSPS) is 23.8. The topological polar surface area (TPSA) is 50.4 Å². The third kappa shape index (κ3) is 6.21. The maximum absolute atomic E-state index is 13.3. The minimum absolute atomic E-state index is 0.0269. The summed E-state index contributed by atoms with van der Waals surface area (Å²) in [6.07, 6.45) is -7.86. The van der Waals surface area contributed by atoms with E-state index in [1.54, 1.807) is 0 Å². The van der Waals surface area contributed by atoms with E-state index in [4.69, 9.17) is 4.74 Å². The number of hydrogen-bond donors (Lipinski definition) is 2. The second kappa shape index (κ2) is 10.0. The Morgan fingerprint density at radius 2 is 1.64 bits per heavy atom. The third-order valence-corrected chi connectivity index (χ3v) is 6.89. The molecule has 1 saturated heterocycles. The van der Waals surface area contributed by atoms with Gasteiger partial charge in [0.25, 0.3) is 0 Å². The maximum Gasteiger partial charge on any atom is 0.416 e. The van der Waals surface area contributed by atoms with Crippen molar-refractivity contribution in [2.45, 2.75) is 62.6 Å². The van der Waals surface area contributed by atoms with Gasteiger partial charge in [-0.1, -0.05) is 30.3 Å². The summed E-state index contributed by atoms with van der Waals surface area (Å²) in [4.78, 5) is 12.1. The smallest absolute Gasteiger partial charge is 0.372 e. The summed E-state index contributed by atoms with van der Waals surface area (Å²) in [7, 11) is 0. The van der Waals surface area contributed by atoms with E-state index in [-0.39, 0.29) is 36.1 Å². The Labute approximate surface area is 205 Å². The predicted octanol–water partition coefficient (Wildman–Crippen LogP) is 5.98.